The van der Waals surface area contributed by atoms with Gasteiger partial charge in [-0.2, -0.15) is 0 Å². The van der Waals surface area contributed by atoms with Crippen LogP contribution in [-0.2, 0) is 20.9 Å². The molecule has 4 rings (SSSR count). The van der Waals surface area contributed by atoms with Crippen molar-refractivity contribution in [3.8, 4) is 5.69 Å². The maximum Gasteiger partial charge on any atom is 0.233 e. The second-order valence-electron chi connectivity index (χ2n) is 7.52. The number of nitrogens with zero attached hydrogens (tertiary/aromatic N) is 3. The Morgan fingerprint density at radius 2 is 1.76 bits per heavy atom. The number of allylic oxidation sites excluding steroid dienone is 2. The summed E-state index contributed by atoms with van der Waals surface area (Å²) >= 11 is 0. The molecule has 1 aliphatic carbocycles. The number of aromatic nitrogens is 2. The van der Waals surface area contributed by atoms with Crippen molar-refractivity contribution in [1.29, 1.82) is 0 Å². The Bertz CT molecular complexity index is 935. The Labute approximate surface area is 169 Å². The lowest BCUT2D eigenvalue weighted by Crippen LogP contribution is -2.35. The van der Waals surface area contributed by atoms with Gasteiger partial charge in [0.25, 0.3) is 0 Å². The number of benzene rings is 1. The van der Waals surface area contributed by atoms with Crippen LogP contribution in [-0.4, -0.2) is 38.7 Å². The lowest BCUT2D eigenvalue weighted by molar-refractivity contribution is -0.140. The predicted molar refractivity (Wildman–Crippen MR) is 107 cm³/mol. The third kappa shape index (κ3) is 3.85. The lowest BCUT2D eigenvalue weighted by atomic mass is 9.85. The first-order valence-corrected chi connectivity index (χ1v) is 9.91. The van der Waals surface area contributed by atoms with Crippen molar-refractivity contribution in [2.75, 3.05) is 6.54 Å². The van der Waals surface area contributed by atoms with Crippen LogP contribution in [0.25, 0.3) is 5.69 Å². The fourth-order valence-corrected chi connectivity index (χ4v) is 4.02. The summed E-state index contributed by atoms with van der Waals surface area (Å²) in [5.74, 6) is -0.0210. The third-order valence-electron chi connectivity index (χ3n) is 5.69. The molecule has 3 amide bonds. The number of imidazole rings is 1. The van der Waals surface area contributed by atoms with E-state index in [0.29, 0.717) is 19.4 Å². The molecule has 2 heterocycles. The van der Waals surface area contributed by atoms with Gasteiger partial charge in [0.2, 0.25) is 17.7 Å². The highest BCUT2D eigenvalue weighted by molar-refractivity contribution is 6.05. The molecular formula is C22H24N4O3. The van der Waals surface area contributed by atoms with Crippen molar-refractivity contribution in [2.45, 2.75) is 32.7 Å². The van der Waals surface area contributed by atoms with Crippen LogP contribution in [0, 0.1) is 18.8 Å². The summed E-state index contributed by atoms with van der Waals surface area (Å²) in [6.07, 6.45) is 8.93. The van der Waals surface area contributed by atoms with E-state index in [1.54, 1.807) is 6.20 Å². The van der Waals surface area contributed by atoms with Gasteiger partial charge in [-0.05, 0) is 37.5 Å². The van der Waals surface area contributed by atoms with Crippen molar-refractivity contribution in [3.05, 3.63) is 60.2 Å². The Kier molecular flexibility index (Phi) is 5.29. The van der Waals surface area contributed by atoms with Crippen molar-refractivity contribution >= 4 is 17.7 Å². The van der Waals surface area contributed by atoms with Gasteiger partial charge in [-0.15, -0.1) is 0 Å². The summed E-state index contributed by atoms with van der Waals surface area (Å²) < 4.78 is 1.99. The van der Waals surface area contributed by atoms with Gasteiger partial charge in [0, 0.05) is 37.6 Å². The van der Waals surface area contributed by atoms with E-state index in [2.05, 4.69) is 10.3 Å². The van der Waals surface area contributed by atoms with Gasteiger partial charge in [-0.3, -0.25) is 19.3 Å². The molecule has 0 saturated carbocycles. The number of carbonyl (C=O) groups is 3. The molecule has 2 aromatic rings. The van der Waals surface area contributed by atoms with Crippen LogP contribution in [0.2, 0.25) is 0 Å². The first kappa shape index (κ1) is 19.1. The zero-order valence-corrected chi connectivity index (χ0v) is 16.4. The molecule has 1 N–H and O–H groups in total. The number of aryl methyl sites for hydroxylation is 1. The van der Waals surface area contributed by atoms with Crippen LogP contribution < -0.4 is 5.32 Å². The fourth-order valence-electron chi connectivity index (χ4n) is 4.02. The molecule has 7 heteroatoms. The maximum absolute atomic E-state index is 12.4. The number of carbonyl (C=O) groups excluding carboxylic acids is 3. The highest BCUT2D eigenvalue weighted by atomic mass is 16.2. The second kappa shape index (κ2) is 8.03. The fraction of sp³-hybridized carbons (Fsp3) is 0.364. The Balaban J connectivity index is 1.27. The molecule has 1 aromatic carbocycles. The highest BCUT2D eigenvalue weighted by Crippen LogP contribution is 2.34. The standard InChI is InChI=1S/C22H24N4O3/c1-15-23-11-13-25(15)17-8-6-16(7-9-17)14-24-20(27)10-12-26-21(28)18-4-2-3-5-19(18)22(26)29/h2-3,6-9,11,13,18-19H,4-5,10,12,14H2,1H3,(H,24,27). The van der Waals surface area contributed by atoms with Gasteiger partial charge < -0.3 is 9.88 Å². The molecule has 150 valence electrons. The highest BCUT2D eigenvalue weighted by Gasteiger charge is 2.46. The van der Waals surface area contributed by atoms with Crippen molar-refractivity contribution in [1.82, 2.24) is 19.8 Å². The zero-order valence-electron chi connectivity index (χ0n) is 16.4. The molecule has 1 aliphatic heterocycles. The Morgan fingerprint density at radius 1 is 1.10 bits per heavy atom. The minimum Gasteiger partial charge on any atom is -0.352 e. The Morgan fingerprint density at radius 3 is 2.34 bits per heavy atom. The van der Waals surface area contributed by atoms with Gasteiger partial charge in [0.15, 0.2) is 0 Å². The summed E-state index contributed by atoms with van der Waals surface area (Å²) in [5.41, 5.74) is 1.99. The average molecular weight is 392 g/mol. The molecule has 2 aliphatic rings. The van der Waals surface area contributed by atoms with Crippen LogP contribution in [0.3, 0.4) is 0 Å². The molecule has 1 saturated heterocycles. The minimum atomic E-state index is -0.242. The van der Waals surface area contributed by atoms with Crippen molar-refractivity contribution in [2.24, 2.45) is 11.8 Å². The third-order valence-corrected chi connectivity index (χ3v) is 5.69. The summed E-state index contributed by atoms with van der Waals surface area (Å²) in [6.45, 7) is 2.49. The Hall–Kier alpha value is -3.22. The second-order valence-corrected chi connectivity index (χ2v) is 7.52. The van der Waals surface area contributed by atoms with Crippen LogP contribution in [0.1, 0.15) is 30.7 Å². The number of likely N-dealkylation sites (tertiary alicyclic amines) is 1. The van der Waals surface area contributed by atoms with Crippen molar-refractivity contribution < 1.29 is 14.4 Å². The number of fused-ring (bicyclic) bond motifs is 1. The van der Waals surface area contributed by atoms with E-state index >= 15 is 0 Å². The normalized spacial score (nSPS) is 20.8. The maximum atomic E-state index is 12.4. The molecule has 2 unspecified atom stereocenters. The van der Waals surface area contributed by atoms with Gasteiger partial charge in [-0.1, -0.05) is 24.3 Å². The number of nitrogens with one attached hydrogen (secondary N) is 1. The molecule has 0 bridgehead atoms. The number of rotatable bonds is 6. The van der Waals surface area contributed by atoms with E-state index in [0.717, 1.165) is 17.1 Å². The van der Waals surface area contributed by atoms with Crippen LogP contribution in [0.5, 0.6) is 0 Å². The largest absolute Gasteiger partial charge is 0.352 e. The monoisotopic (exact) mass is 392 g/mol. The van der Waals surface area contributed by atoms with E-state index in [1.807, 2.05) is 54.1 Å². The summed E-state index contributed by atoms with van der Waals surface area (Å²) in [6, 6.07) is 7.88. The lowest BCUT2D eigenvalue weighted by Gasteiger charge is -2.14. The minimum absolute atomic E-state index is 0.122. The number of imide groups is 1. The van der Waals surface area contributed by atoms with Gasteiger partial charge in [0.1, 0.15) is 5.82 Å². The number of amides is 3. The zero-order chi connectivity index (χ0) is 20.4. The number of hydrogen-bond acceptors (Lipinski definition) is 4. The molecule has 1 aromatic heterocycles. The topological polar surface area (TPSA) is 84.3 Å². The van der Waals surface area contributed by atoms with E-state index in [4.69, 9.17) is 0 Å². The summed E-state index contributed by atoms with van der Waals surface area (Å²) in [4.78, 5) is 42.6. The first-order chi connectivity index (χ1) is 14.0. The van der Waals surface area contributed by atoms with E-state index in [1.165, 1.54) is 4.90 Å². The molecule has 2 atom stereocenters. The van der Waals surface area contributed by atoms with E-state index in [-0.39, 0.29) is 42.5 Å². The van der Waals surface area contributed by atoms with Crippen LogP contribution in [0.15, 0.2) is 48.8 Å². The molecule has 7 nitrogen and oxygen atoms in total. The SMILES string of the molecule is Cc1nccn1-c1ccc(CNC(=O)CCN2C(=O)C3CC=CCC3C2=O)cc1. The van der Waals surface area contributed by atoms with Gasteiger partial charge in [-0.25, -0.2) is 4.98 Å². The molecule has 29 heavy (non-hydrogen) atoms. The summed E-state index contributed by atoms with van der Waals surface area (Å²) in [5, 5.41) is 2.86. The average Bonchev–Trinajstić information content (AvgIpc) is 3.27. The van der Waals surface area contributed by atoms with E-state index in [9.17, 15) is 14.4 Å². The molecule has 0 spiro atoms. The van der Waals surface area contributed by atoms with Crippen molar-refractivity contribution in [3.63, 3.8) is 0 Å². The summed E-state index contributed by atoms with van der Waals surface area (Å²) in [7, 11) is 0. The van der Waals surface area contributed by atoms with Gasteiger partial charge in [0.05, 0.1) is 11.8 Å². The number of hydrogen-bond donors (Lipinski definition) is 1. The van der Waals surface area contributed by atoms with Crippen LogP contribution >= 0.6 is 0 Å². The first-order valence-electron chi connectivity index (χ1n) is 9.91. The predicted octanol–water partition coefficient (Wildman–Crippen LogP) is 2.14. The van der Waals surface area contributed by atoms with Gasteiger partial charge >= 0.3 is 0 Å². The molecule has 1 fully saturated rings. The van der Waals surface area contributed by atoms with E-state index < -0.39 is 0 Å². The smallest absolute Gasteiger partial charge is 0.233 e. The molecule has 0 radical (unpaired) electrons. The molecular weight excluding hydrogens is 368 g/mol. The quantitative estimate of drug-likeness (QED) is 0.603. The van der Waals surface area contributed by atoms with Crippen LogP contribution in [0.4, 0.5) is 0 Å².